The molecule has 1 aromatic heterocycles. The van der Waals surface area contributed by atoms with Crippen molar-refractivity contribution in [3.05, 3.63) is 77.9 Å². The fraction of sp³-hybridized carbons (Fsp3) is 0.105. The topological polar surface area (TPSA) is 76.1 Å². The molecule has 26 heavy (non-hydrogen) atoms. The number of methoxy groups -OCH3 is 1. The third kappa shape index (κ3) is 4.32. The van der Waals surface area contributed by atoms with E-state index in [9.17, 15) is 9.18 Å². The summed E-state index contributed by atoms with van der Waals surface area (Å²) in [5, 5.41) is 5.67. The number of carbonyl (C=O) groups excluding carboxylic acids is 1. The number of hydrogen-bond donors (Lipinski definition) is 2. The summed E-state index contributed by atoms with van der Waals surface area (Å²) in [5.41, 5.74) is 1.72. The molecule has 2 aromatic carbocycles. The minimum absolute atomic E-state index is 0.275. The molecule has 0 aliphatic heterocycles. The van der Waals surface area contributed by atoms with Crippen LogP contribution in [0.3, 0.4) is 0 Å². The Morgan fingerprint density at radius 2 is 1.88 bits per heavy atom. The number of rotatable bonds is 6. The smallest absolute Gasteiger partial charge is 0.254 e. The van der Waals surface area contributed by atoms with E-state index in [0.29, 0.717) is 23.5 Å². The van der Waals surface area contributed by atoms with Crippen LogP contribution in [0, 0.1) is 5.82 Å². The maximum absolute atomic E-state index is 13.2. The SMILES string of the molecule is COc1ccccc1CNC(=O)c1cnc(Nc2cccc(F)c2)nc1. The predicted molar refractivity (Wildman–Crippen MR) is 95.9 cm³/mol. The van der Waals surface area contributed by atoms with Crippen molar-refractivity contribution in [2.24, 2.45) is 0 Å². The summed E-state index contributed by atoms with van der Waals surface area (Å²) < 4.78 is 18.4. The fourth-order valence-corrected chi connectivity index (χ4v) is 2.33. The molecule has 1 heterocycles. The highest BCUT2D eigenvalue weighted by Crippen LogP contribution is 2.17. The number of aromatic nitrogens is 2. The van der Waals surface area contributed by atoms with Crippen LogP contribution in [-0.4, -0.2) is 23.0 Å². The molecule has 0 saturated heterocycles. The molecule has 3 aromatic rings. The van der Waals surface area contributed by atoms with Crippen LogP contribution in [0.15, 0.2) is 60.9 Å². The second-order valence-corrected chi connectivity index (χ2v) is 5.43. The second kappa shape index (κ2) is 8.06. The number of carbonyl (C=O) groups is 1. The largest absolute Gasteiger partial charge is 0.496 e. The van der Waals surface area contributed by atoms with Gasteiger partial charge in [-0.15, -0.1) is 0 Å². The standard InChI is InChI=1S/C19H17FN4O2/c1-26-17-8-3-2-5-13(17)10-21-18(25)14-11-22-19(23-12-14)24-16-7-4-6-15(20)9-16/h2-9,11-12H,10H2,1H3,(H,21,25)(H,22,23,24). The lowest BCUT2D eigenvalue weighted by Gasteiger charge is -2.09. The second-order valence-electron chi connectivity index (χ2n) is 5.43. The van der Waals surface area contributed by atoms with Gasteiger partial charge in [-0.2, -0.15) is 0 Å². The average Bonchev–Trinajstić information content (AvgIpc) is 2.67. The van der Waals surface area contributed by atoms with E-state index in [4.69, 9.17) is 4.74 Å². The van der Waals surface area contributed by atoms with E-state index in [1.807, 2.05) is 24.3 Å². The zero-order valence-corrected chi connectivity index (χ0v) is 14.1. The van der Waals surface area contributed by atoms with Gasteiger partial charge in [-0.25, -0.2) is 14.4 Å². The molecule has 1 amide bonds. The first-order chi connectivity index (χ1) is 12.7. The molecule has 0 aliphatic carbocycles. The molecular weight excluding hydrogens is 335 g/mol. The summed E-state index contributed by atoms with van der Waals surface area (Å²) in [6.07, 6.45) is 2.82. The van der Waals surface area contributed by atoms with Crippen LogP contribution in [0.5, 0.6) is 5.75 Å². The minimum atomic E-state index is -0.359. The number of amides is 1. The van der Waals surface area contributed by atoms with E-state index in [1.54, 1.807) is 19.2 Å². The van der Waals surface area contributed by atoms with E-state index in [-0.39, 0.29) is 17.7 Å². The van der Waals surface area contributed by atoms with Crippen molar-refractivity contribution < 1.29 is 13.9 Å². The lowest BCUT2D eigenvalue weighted by atomic mass is 10.2. The molecule has 2 N–H and O–H groups in total. The molecule has 0 radical (unpaired) electrons. The van der Waals surface area contributed by atoms with E-state index in [1.165, 1.54) is 24.5 Å². The van der Waals surface area contributed by atoms with Crippen molar-refractivity contribution in [3.63, 3.8) is 0 Å². The highest BCUT2D eigenvalue weighted by Gasteiger charge is 2.09. The Kier molecular flexibility index (Phi) is 5.38. The van der Waals surface area contributed by atoms with Gasteiger partial charge in [-0.3, -0.25) is 4.79 Å². The molecule has 0 aliphatic rings. The third-order valence-corrected chi connectivity index (χ3v) is 3.63. The predicted octanol–water partition coefficient (Wildman–Crippen LogP) is 3.30. The minimum Gasteiger partial charge on any atom is -0.496 e. The van der Waals surface area contributed by atoms with E-state index in [0.717, 1.165) is 5.56 Å². The number of ether oxygens (including phenoxy) is 1. The number of halogens is 1. The highest BCUT2D eigenvalue weighted by atomic mass is 19.1. The van der Waals surface area contributed by atoms with Crippen molar-refractivity contribution in [1.29, 1.82) is 0 Å². The number of anilines is 2. The van der Waals surface area contributed by atoms with Gasteiger partial charge in [0.05, 0.1) is 12.7 Å². The van der Waals surface area contributed by atoms with Gasteiger partial charge in [-0.1, -0.05) is 24.3 Å². The maximum atomic E-state index is 13.2. The lowest BCUT2D eigenvalue weighted by molar-refractivity contribution is 0.0950. The Hall–Kier alpha value is -3.48. The van der Waals surface area contributed by atoms with Crippen LogP contribution < -0.4 is 15.4 Å². The summed E-state index contributed by atoms with van der Waals surface area (Å²) in [5.74, 6) is 0.325. The van der Waals surface area contributed by atoms with Crippen molar-refractivity contribution in [2.75, 3.05) is 12.4 Å². The van der Waals surface area contributed by atoms with Gasteiger partial charge in [0.15, 0.2) is 0 Å². The summed E-state index contributed by atoms with van der Waals surface area (Å²) in [7, 11) is 1.58. The Morgan fingerprint density at radius 3 is 2.62 bits per heavy atom. The highest BCUT2D eigenvalue weighted by molar-refractivity contribution is 5.93. The Bertz CT molecular complexity index is 900. The lowest BCUT2D eigenvalue weighted by Crippen LogP contribution is -2.23. The van der Waals surface area contributed by atoms with Gasteiger partial charge in [0, 0.05) is 30.2 Å². The van der Waals surface area contributed by atoms with Gasteiger partial charge < -0.3 is 15.4 Å². The van der Waals surface area contributed by atoms with Gasteiger partial charge in [0.2, 0.25) is 5.95 Å². The molecule has 0 spiro atoms. The first-order valence-corrected chi connectivity index (χ1v) is 7.90. The monoisotopic (exact) mass is 352 g/mol. The zero-order chi connectivity index (χ0) is 18.4. The van der Waals surface area contributed by atoms with Crippen molar-refractivity contribution in [2.45, 2.75) is 6.54 Å². The average molecular weight is 352 g/mol. The molecule has 0 bridgehead atoms. The molecule has 0 unspecified atom stereocenters. The molecule has 6 nitrogen and oxygen atoms in total. The Balaban J connectivity index is 1.61. The van der Waals surface area contributed by atoms with Crippen LogP contribution in [-0.2, 0) is 6.54 Å². The van der Waals surface area contributed by atoms with Crippen LogP contribution in [0.4, 0.5) is 16.0 Å². The normalized spacial score (nSPS) is 10.2. The first kappa shape index (κ1) is 17.3. The first-order valence-electron chi connectivity index (χ1n) is 7.90. The number of nitrogens with zero attached hydrogens (tertiary/aromatic N) is 2. The third-order valence-electron chi connectivity index (χ3n) is 3.63. The maximum Gasteiger partial charge on any atom is 0.254 e. The van der Waals surface area contributed by atoms with Gasteiger partial charge in [0.1, 0.15) is 11.6 Å². The van der Waals surface area contributed by atoms with Gasteiger partial charge in [-0.05, 0) is 24.3 Å². The Morgan fingerprint density at radius 1 is 1.12 bits per heavy atom. The van der Waals surface area contributed by atoms with Gasteiger partial charge >= 0.3 is 0 Å². The summed E-state index contributed by atoms with van der Waals surface area (Å²) in [4.78, 5) is 20.4. The number of nitrogens with one attached hydrogen (secondary N) is 2. The number of hydrogen-bond acceptors (Lipinski definition) is 5. The van der Waals surface area contributed by atoms with Crippen molar-refractivity contribution >= 4 is 17.5 Å². The van der Waals surface area contributed by atoms with Crippen molar-refractivity contribution in [3.8, 4) is 5.75 Å². The summed E-state index contributed by atoms with van der Waals surface area (Å²) in [6, 6.07) is 13.4. The molecule has 0 fully saturated rings. The van der Waals surface area contributed by atoms with Crippen LogP contribution >= 0.6 is 0 Å². The Labute approximate surface area is 150 Å². The van der Waals surface area contributed by atoms with Crippen molar-refractivity contribution in [1.82, 2.24) is 15.3 Å². The summed E-state index contributed by atoms with van der Waals surface area (Å²) in [6.45, 7) is 0.326. The molecule has 0 atom stereocenters. The van der Waals surface area contributed by atoms with E-state index in [2.05, 4.69) is 20.6 Å². The van der Waals surface area contributed by atoms with Crippen LogP contribution in [0.2, 0.25) is 0 Å². The van der Waals surface area contributed by atoms with Crippen LogP contribution in [0.1, 0.15) is 15.9 Å². The molecule has 7 heteroatoms. The number of para-hydroxylation sites is 1. The summed E-state index contributed by atoms with van der Waals surface area (Å²) >= 11 is 0. The fourth-order valence-electron chi connectivity index (χ4n) is 2.33. The molecular formula is C19H17FN4O2. The van der Waals surface area contributed by atoms with Crippen LogP contribution in [0.25, 0.3) is 0 Å². The quantitative estimate of drug-likeness (QED) is 0.712. The molecule has 3 rings (SSSR count). The van der Waals surface area contributed by atoms with Gasteiger partial charge in [0.25, 0.3) is 5.91 Å². The molecule has 132 valence electrons. The van der Waals surface area contributed by atoms with E-state index >= 15 is 0 Å². The number of benzene rings is 2. The molecule has 0 saturated carbocycles. The van der Waals surface area contributed by atoms with E-state index < -0.39 is 0 Å². The zero-order valence-electron chi connectivity index (χ0n) is 14.1.